The van der Waals surface area contributed by atoms with E-state index in [1.165, 1.54) is 0 Å². The molecule has 0 spiro atoms. The zero-order chi connectivity index (χ0) is 14.4. The fourth-order valence-corrected chi connectivity index (χ4v) is 2.25. The minimum absolute atomic E-state index is 0.0319. The monoisotopic (exact) mass is 290 g/mol. The van der Waals surface area contributed by atoms with Gasteiger partial charge in [-0.15, -0.1) is 0 Å². The van der Waals surface area contributed by atoms with Crippen LogP contribution in [0, 0.1) is 11.3 Å². The number of thiophene rings is 1. The summed E-state index contributed by atoms with van der Waals surface area (Å²) < 4.78 is 5.12. The van der Waals surface area contributed by atoms with Gasteiger partial charge in [-0.25, -0.2) is 0 Å². The molecule has 2 aromatic heterocycles. The van der Waals surface area contributed by atoms with Crippen molar-refractivity contribution < 1.29 is 9.32 Å². The number of rotatable bonds is 6. The van der Waals surface area contributed by atoms with Gasteiger partial charge in [-0.05, 0) is 11.4 Å². The van der Waals surface area contributed by atoms with Gasteiger partial charge in [0.2, 0.25) is 17.6 Å². The van der Waals surface area contributed by atoms with Crippen molar-refractivity contribution in [2.45, 2.75) is 19.3 Å². The van der Waals surface area contributed by atoms with E-state index < -0.39 is 0 Å². The van der Waals surface area contributed by atoms with E-state index in [0.29, 0.717) is 37.5 Å². The molecule has 6 nitrogen and oxygen atoms in total. The Balaban J connectivity index is 1.86. The van der Waals surface area contributed by atoms with Crippen molar-refractivity contribution in [3.05, 3.63) is 22.7 Å². The Hall–Kier alpha value is -2.20. The maximum Gasteiger partial charge on any atom is 0.227 e. The van der Waals surface area contributed by atoms with E-state index in [1.54, 1.807) is 23.3 Å². The summed E-state index contributed by atoms with van der Waals surface area (Å²) in [5.74, 6) is 0.968. The van der Waals surface area contributed by atoms with Gasteiger partial charge in [0.25, 0.3) is 0 Å². The summed E-state index contributed by atoms with van der Waals surface area (Å²) >= 11 is 1.56. The van der Waals surface area contributed by atoms with Gasteiger partial charge >= 0.3 is 0 Å². The van der Waals surface area contributed by atoms with Crippen molar-refractivity contribution in [3.63, 3.8) is 0 Å². The average molecular weight is 290 g/mol. The maximum absolute atomic E-state index is 11.8. The van der Waals surface area contributed by atoms with Crippen LogP contribution in [0.4, 0.5) is 0 Å². The highest BCUT2D eigenvalue weighted by Crippen LogP contribution is 2.19. The molecule has 0 aliphatic heterocycles. The average Bonchev–Trinajstić information content (AvgIpc) is 3.12. The molecule has 0 aliphatic carbocycles. The van der Waals surface area contributed by atoms with E-state index in [0.717, 1.165) is 5.56 Å². The fraction of sp³-hybridized carbons (Fsp3) is 0.385. The van der Waals surface area contributed by atoms with Gasteiger partial charge in [0.15, 0.2) is 0 Å². The predicted octanol–water partition coefficient (Wildman–Crippen LogP) is 2.10. The van der Waals surface area contributed by atoms with Crippen LogP contribution in [0.2, 0.25) is 0 Å². The molecule has 0 unspecified atom stereocenters. The zero-order valence-corrected chi connectivity index (χ0v) is 11.9. The first kappa shape index (κ1) is 14.2. The van der Waals surface area contributed by atoms with Gasteiger partial charge in [0.05, 0.1) is 12.5 Å². The first-order valence-electron chi connectivity index (χ1n) is 6.17. The largest absolute Gasteiger partial charge is 0.345 e. The molecule has 0 aliphatic rings. The van der Waals surface area contributed by atoms with Crippen LogP contribution in [0.1, 0.15) is 18.7 Å². The zero-order valence-electron chi connectivity index (χ0n) is 11.1. The molecule has 0 saturated heterocycles. The highest BCUT2D eigenvalue weighted by atomic mass is 32.1. The molecule has 2 heterocycles. The summed E-state index contributed by atoms with van der Waals surface area (Å²) in [6.07, 6.45) is 1.05. The number of nitriles is 1. The molecule has 0 saturated carbocycles. The summed E-state index contributed by atoms with van der Waals surface area (Å²) in [7, 11) is 1.68. The third-order valence-corrected chi connectivity index (χ3v) is 3.47. The van der Waals surface area contributed by atoms with E-state index in [4.69, 9.17) is 9.78 Å². The van der Waals surface area contributed by atoms with Crippen LogP contribution in [0.3, 0.4) is 0 Å². The summed E-state index contributed by atoms with van der Waals surface area (Å²) in [4.78, 5) is 17.6. The SMILES string of the molecule is CN(CCC#N)C(=O)CCc1nc(-c2ccsc2)no1. The van der Waals surface area contributed by atoms with Crippen LogP contribution in [0.15, 0.2) is 21.3 Å². The summed E-state index contributed by atoms with van der Waals surface area (Å²) in [5.41, 5.74) is 0.919. The highest BCUT2D eigenvalue weighted by molar-refractivity contribution is 7.08. The van der Waals surface area contributed by atoms with E-state index in [9.17, 15) is 4.79 Å². The molecule has 2 aromatic rings. The minimum Gasteiger partial charge on any atom is -0.345 e. The molecule has 7 heteroatoms. The van der Waals surface area contributed by atoms with Gasteiger partial charge in [-0.3, -0.25) is 4.79 Å². The van der Waals surface area contributed by atoms with Crippen molar-refractivity contribution >= 4 is 17.2 Å². The Morgan fingerprint density at radius 1 is 1.60 bits per heavy atom. The lowest BCUT2D eigenvalue weighted by Crippen LogP contribution is -2.27. The second-order valence-electron chi connectivity index (χ2n) is 4.25. The Morgan fingerprint density at radius 3 is 3.15 bits per heavy atom. The maximum atomic E-state index is 11.8. The Morgan fingerprint density at radius 2 is 2.45 bits per heavy atom. The van der Waals surface area contributed by atoms with Crippen molar-refractivity contribution in [3.8, 4) is 17.5 Å². The lowest BCUT2D eigenvalue weighted by atomic mass is 10.2. The van der Waals surface area contributed by atoms with Crippen molar-refractivity contribution in [1.29, 1.82) is 5.26 Å². The second kappa shape index (κ2) is 6.82. The van der Waals surface area contributed by atoms with Gasteiger partial charge in [0.1, 0.15) is 0 Å². The third-order valence-electron chi connectivity index (χ3n) is 2.78. The van der Waals surface area contributed by atoms with E-state index >= 15 is 0 Å². The first-order valence-corrected chi connectivity index (χ1v) is 7.11. The minimum atomic E-state index is -0.0319. The van der Waals surface area contributed by atoms with Gasteiger partial charge in [0, 0.05) is 37.4 Å². The van der Waals surface area contributed by atoms with Crippen LogP contribution >= 0.6 is 11.3 Å². The van der Waals surface area contributed by atoms with Crippen molar-refractivity contribution in [1.82, 2.24) is 15.0 Å². The molecule has 0 radical (unpaired) electrons. The van der Waals surface area contributed by atoms with E-state index in [1.807, 2.05) is 22.9 Å². The number of aromatic nitrogens is 2. The third kappa shape index (κ3) is 3.65. The molecule has 0 atom stereocenters. The number of hydrogen-bond acceptors (Lipinski definition) is 6. The Bertz CT molecular complexity index is 600. The normalized spacial score (nSPS) is 10.2. The van der Waals surface area contributed by atoms with Crippen LogP contribution in [-0.4, -0.2) is 34.5 Å². The summed E-state index contributed by atoms with van der Waals surface area (Å²) in [6.45, 7) is 0.444. The number of nitrogens with zero attached hydrogens (tertiary/aromatic N) is 4. The molecule has 104 valence electrons. The molecule has 0 fully saturated rings. The van der Waals surface area contributed by atoms with Crippen molar-refractivity contribution in [2.24, 2.45) is 0 Å². The Labute approximate surface area is 120 Å². The predicted molar refractivity (Wildman–Crippen MR) is 73.8 cm³/mol. The van der Waals surface area contributed by atoms with Gasteiger partial charge < -0.3 is 9.42 Å². The van der Waals surface area contributed by atoms with Crippen LogP contribution in [0.25, 0.3) is 11.4 Å². The molecule has 20 heavy (non-hydrogen) atoms. The highest BCUT2D eigenvalue weighted by Gasteiger charge is 2.13. The molecule has 0 bridgehead atoms. The van der Waals surface area contributed by atoms with Crippen LogP contribution in [-0.2, 0) is 11.2 Å². The van der Waals surface area contributed by atoms with Crippen LogP contribution < -0.4 is 0 Å². The summed E-state index contributed by atoms with van der Waals surface area (Å²) in [5, 5.41) is 16.2. The summed E-state index contributed by atoms with van der Waals surface area (Å²) in [6, 6.07) is 3.93. The first-order chi connectivity index (χ1) is 9.70. The molecule has 1 amide bonds. The number of amides is 1. The number of carbonyl (C=O) groups is 1. The van der Waals surface area contributed by atoms with Crippen molar-refractivity contribution in [2.75, 3.05) is 13.6 Å². The standard InChI is InChI=1S/C13H14N4O2S/c1-17(7-2-6-14)12(18)4-3-11-15-13(16-19-11)10-5-8-20-9-10/h5,8-9H,2-4,7H2,1H3. The lowest BCUT2D eigenvalue weighted by Gasteiger charge is -2.14. The van der Waals surface area contributed by atoms with Crippen LogP contribution in [0.5, 0.6) is 0 Å². The van der Waals surface area contributed by atoms with Gasteiger partial charge in [-0.2, -0.15) is 21.6 Å². The molecule has 0 aromatic carbocycles. The molecule has 2 rings (SSSR count). The second-order valence-corrected chi connectivity index (χ2v) is 5.03. The number of hydrogen-bond donors (Lipinski definition) is 0. The Kier molecular flexibility index (Phi) is 4.85. The fourth-order valence-electron chi connectivity index (χ4n) is 1.61. The van der Waals surface area contributed by atoms with Gasteiger partial charge in [-0.1, -0.05) is 5.16 Å². The smallest absolute Gasteiger partial charge is 0.227 e. The molecule has 0 N–H and O–H groups in total. The quantitative estimate of drug-likeness (QED) is 0.813. The topological polar surface area (TPSA) is 83.0 Å². The number of carbonyl (C=O) groups excluding carboxylic acids is 1. The van der Waals surface area contributed by atoms with E-state index in [2.05, 4.69) is 10.1 Å². The number of aryl methyl sites for hydroxylation is 1. The van der Waals surface area contributed by atoms with E-state index in [-0.39, 0.29) is 5.91 Å². The lowest BCUT2D eigenvalue weighted by molar-refractivity contribution is -0.129. The molecular formula is C13H14N4O2S. The molecular weight excluding hydrogens is 276 g/mol.